The number of carbonyl (C=O) groups is 1. The molecule has 104 valence electrons. The van der Waals surface area contributed by atoms with Gasteiger partial charge in [0.05, 0.1) is 42.8 Å². The molecule has 2 rings (SSSR count). The van der Waals surface area contributed by atoms with E-state index >= 15 is 0 Å². The molecule has 1 fully saturated rings. The number of anilines is 2. The highest BCUT2D eigenvalue weighted by Gasteiger charge is 2.27. The number of nitrogens with two attached hydrogens (primary N) is 2. The van der Waals surface area contributed by atoms with E-state index in [9.17, 15) is 4.79 Å². The number of morpholine rings is 1. The van der Waals surface area contributed by atoms with Crippen LogP contribution in [0.1, 0.15) is 17.3 Å². The molecule has 19 heavy (non-hydrogen) atoms. The second kappa shape index (κ2) is 5.41. The summed E-state index contributed by atoms with van der Waals surface area (Å²) in [6.07, 6.45) is 1.17. The Kier molecular flexibility index (Phi) is 3.87. The smallest absolute Gasteiger partial charge is 0.250 e. The number of hydrogen-bond donors (Lipinski definition) is 3. The van der Waals surface area contributed by atoms with Gasteiger partial charge in [-0.3, -0.25) is 4.79 Å². The van der Waals surface area contributed by atoms with Gasteiger partial charge in [0.1, 0.15) is 5.82 Å². The Labute approximate surface area is 111 Å². The Morgan fingerprint density at radius 1 is 1.68 bits per heavy atom. The van der Waals surface area contributed by atoms with Gasteiger partial charge in [-0.15, -0.1) is 0 Å². The first kappa shape index (κ1) is 13.6. The number of nitrogen functional groups attached to an aromatic ring is 1. The molecule has 0 aromatic carbocycles. The summed E-state index contributed by atoms with van der Waals surface area (Å²) < 4.78 is 5.46. The quantitative estimate of drug-likeness (QED) is 0.669. The Morgan fingerprint density at radius 2 is 2.42 bits per heavy atom. The molecular formula is C12H18N4O3. The van der Waals surface area contributed by atoms with E-state index in [2.05, 4.69) is 4.98 Å². The van der Waals surface area contributed by atoms with Gasteiger partial charge in [0.25, 0.3) is 5.91 Å². The van der Waals surface area contributed by atoms with E-state index in [1.807, 2.05) is 11.8 Å². The minimum Gasteiger partial charge on any atom is -0.397 e. The van der Waals surface area contributed by atoms with Crippen LogP contribution in [0.4, 0.5) is 11.5 Å². The molecule has 2 atom stereocenters. The molecule has 0 aliphatic carbocycles. The van der Waals surface area contributed by atoms with Crippen LogP contribution < -0.4 is 16.4 Å². The van der Waals surface area contributed by atoms with Crippen LogP contribution in [-0.4, -0.2) is 47.9 Å². The molecule has 0 bridgehead atoms. The Bertz CT molecular complexity index is 480. The average Bonchev–Trinajstić information content (AvgIpc) is 2.40. The normalized spacial score (nSPS) is 23.4. The zero-order chi connectivity index (χ0) is 14.0. The molecule has 0 radical (unpaired) electrons. The number of amides is 1. The van der Waals surface area contributed by atoms with Crippen molar-refractivity contribution in [2.75, 3.05) is 30.4 Å². The molecule has 1 aliphatic rings. The number of aliphatic hydroxyl groups is 1. The predicted octanol–water partition coefficient (Wildman–Crippen LogP) is -0.651. The number of carbonyl (C=O) groups excluding carboxylic acids is 1. The molecule has 7 nitrogen and oxygen atoms in total. The third-order valence-corrected chi connectivity index (χ3v) is 3.19. The summed E-state index contributed by atoms with van der Waals surface area (Å²) in [7, 11) is 0. The zero-order valence-electron chi connectivity index (χ0n) is 10.7. The average molecular weight is 266 g/mol. The van der Waals surface area contributed by atoms with Crippen molar-refractivity contribution in [1.82, 2.24) is 4.98 Å². The summed E-state index contributed by atoms with van der Waals surface area (Å²) in [5.41, 5.74) is 11.4. The maximum atomic E-state index is 11.3. The highest BCUT2D eigenvalue weighted by Crippen LogP contribution is 2.22. The highest BCUT2D eigenvalue weighted by molar-refractivity contribution is 5.98. The van der Waals surface area contributed by atoms with E-state index in [0.29, 0.717) is 19.0 Å². The lowest BCUT2D eigenvalue weighted by Gasteiger charge is -2.38. The van der Waals surface area contributed by atoms with Crippen LogP contribution in [-0.2, 0) is 4.74 Å². The van der Waals surface area contributed by atoms with Gasteiger partial charge in [-0.2, -0.15) is 0 Å². The lowest BCUT2D eigenvalue weighted by Crippen LogP contribution is -2.50. The van der Waals surface area contributed by atoms with Crippen molar-refractivity contribution < 1.29 is 14.6 Å². The predicted molar refractivity (Wildman–Crippen MR) is 70.8 cm³/mol. The van der Waals surface area contributed by atoms with Gasteiger partial charge < -0.3 is 26.2 Å². The minimum atomic E-state index is -0.583. The first-order chi connectivity index (χ1) is 9.02. The fraction of sp³-hybridized carbons (Fsp3) is 0.500. The van der Waals surface area contributed by atoms with Crippen molar-refractivity contribution in [3.05, 3.63) is 17.8 Å². The largest absolute Gasteiger partial charge is 0.397 e. The molecule has 1 saturated heterocycles. The molecule has 7 heteroatoms. The monoisotopic (exact) mass is 266 g/mol. The zero-order valence-corrected chi connectivity index (χ0v) is 10.7. The van der Waals surface area contributed by atoms with E-state index in [0.717, 1.165) is 0 Å². The number of aliphatic hydroxyl groups excluding tert-OH is 1. The fourth-order valence-corrected chi connectivity index (χ4v) is 2.07. The van der Waals surface area contributed by atoms with Crippen LogP contribution in [0.5, 0.6) is 0 Å². The van der Waals surface area contributed by atoms with Crippen LogP contribution in [0.15, 0.2) is 12.3 Å². The molecule has 2 unspecified atom stereocenters. The fourth-order valence-electron chi connectivity index (χ4n) is 2.07. The number of pyridine rings is 1. The Hall–Kier alpha value is -1.86. The van der Waals surface area contributed by atoms with Crippen molar-refractivity contribution in [2.45, 2.75) is 19.1 Å². The maximum absolute atomic E-state index is 11.3. The van der Waals surface area contributed by atoms with E-state index in [4.69, 9.17) is 21.3 Å². The van der Waals surface area contributed by atoms with Crippen molar-refractivity contribution in [3.8, 4) is 0 Å². The first-order valence-corrected chi connectivity index (χ1v) is 6.07. The molecule has 0 spiro atoms. The number of rotatable bonds is 3. The molecule has 1 amide bonds. The van der Waals surface area contributed by atoms with Gasteiger partial charge in [-0.1, -0.05) is 0 Å². The first-order valence-electron chi connectivity index (χ1n) is 6.07. The topological polar surface area (TPSA) is 115 Å². The SMILES string of the molecule is CC1COC(CO)CN1c1cc(C(N)=O)c(N)cn1. The number of ether oxygens (including phenoxy) is 1. The van der Waals surface area contributed by atoms with Gasteiger partial charge >= 0.3 is 0 Å². The summed E-state index contributed by atoms with van der Waals surface area (Å²) in [5.74, 6) is 0.0259. The van der Waals surface area contributed by atoms with Crippen LogP contribution in [0.2, 0.25) is 0 Å². The van der Waals surface area contributed by atoms with Gasteiger partial charge in [-0.05, 0) is 13.0 Å². The van der Waals surface area contributed by atoms with E-state index in [1.165, 1.54) is 6.20 Å². The molecule has 5 N–H and O–H groups in total. The summed E-state index contributed by atoms with van der Waals surface area (Å²) >= 11 is 0. The Morgan fingerprint density at radius 3 is 3.05 bits per heavy atom. The minimum absolute atomic E-state index is 0.0547. The summed E-state index contributed by atoms with van der Waals surface area (Å²) in [6, 6.07) is 1.67. The van der Waals surface area contributed by atoms with Crippen molar-refractivity contribution >= 4 is 17.4 Å². The van der Waals surface area contributed by atoms with Gasteiger partial charge in [-0.25, -0.2) is 4.98 Å². The lowest BCUT2D eigenvalue weighted by molar-refractivity contribution is -0.0105. The van der Waals surface area contributed by atoms with E-state index < -0.39 is 5.91 Å². The van der Waals surface area contributed by atoms with Crippen molar-refractivity contribution in [1.29, 1.82) is 0 Å². The Balaban J connectivity index is 2.29. The molecular weight excluding hydrogens is 248 g/mol. The molecule has 1 aromatic heterocycles. The van der Waals surface area contributed by atoms with E-state index in [1.54, 1.807) is 6.07 Å². The highest BCUT2D eigenvalue weighted by atomic mass is 16.5. The van der Waals surface area contributed by atoms with Crippen LogP contribution in [0.3, 0.4) is 0 Å². The van der Waals surface area contributed by atoms with Gasteiger partial charge in [0.2, 0.25) is 0 Å². The second-order valence-electron chi connectivity index (χ2n) is 4.63. The molecule has 0 saturated carbocycles. The van der Waals surface area contributed by atoms with Gasteiger partial charge in [0.15, 0.2) is 0 Å². The number of nitrogens with zero attached hydrogens (tertiary/aromatic N) is 2. The summed E-state index contributed by atoms with van der Waals surface area (Å²) in [5, 5.41) is 9.16. The maximum Gasteiger partial charge on any atom is 0.250 e. The number of aromatic nitrogens is 1. The van der Waals surface area contributed by atoms with Gasteiger partial charge in [0, 0.05) is 6.54 Å². The number of primary amides is 1. The standard InChI is InChI=1S/C12H18N4O3/c1-7-6-19-8(5-17)4-16(7)11-2-9(12(14)18)10(13)3-15-11/h2-3,7-8,17H,4-6,13H2,1H3,(H2,14,18). The summed E-state index contributed by atoms with van der Waals surface area (Å²) in [4.78, 5) is 17.5. The van der Waals surface area contributed by atoms with E-state index in [-0.39, 0.29) is 30.0 Å². The van der Waals surface area contributed by atoms with Crippen LogP contribution in [0, 0.1) is 0 Å². The van der Waals surface area contributed by atoms with Crippen molar-refractivity contribution in [2.24, 2.45) is 5.73 Å². The van der Waals surface area contributed by atoms with Crippen molar-refractivity contribution in [3.63, 3.8) is 0 Å². The number of hydrogen-bond acceptors (Lipinski definition) is 6. The molecule has 1 aromatic rings. The second-order valence-corrected chi connectivity index (χ2v) is 4.63. The molecule has 1 aliphatic heterocycles. The van der Waals surface area contributed by atoms with Crippen LogP contribution >= 0.6 is 0 Å². The molecule has 2 heterocycles. The third-order valence-electron chi connectivity index (χ3n) is 3.19. The lowest BCUT2D eigenvalue weighted by atomic mass is 10.1. The third kappa shape index (κ3) is 2.77. The summed E-state index contributed by atoms with van der Waals surface area (Å²) in [6.45, 7) is 2.92. The van der Waals surface area contributed by atoms with Crippen LogP contribution in [0.25, 0.3) is 0 Å².